The van der Waals surface area contributed by atoms with Gasteiger partial charge in [-0.25, -0.2) is 0 Å². The van der Waals surface area contributed by atoms with Gasteiger partial charge in [-0.1, -0.05) is 14.7 Å². The van der Waals surface area contributed by atoms with Crippen molar-refractivity contribution in [1.29, 1.82) is 0 Å². The highest BCUT2D eigenvalue weighted by Crippen LogP contribution is 2.23. The number of rotatable bonds is 2. The highest BCUT2D eigenvalue weighted by molar-refractivity contribution is 8.49. The molecule has 5 heavy (non-hydrogen) atoms. The van der Waals surface area contributed by atoms with Crippen molar-refractivity contribution in [2.24, 2.45) is 0 Å². The Bertz CT molecular complexity index is 14.4. The van der Waals surface area contributed by atoms with Gasteiger partial charge in [-0.15, -0.1) is 11.4 Å². The van der Waals surface area contributed by atoms with Crippen LogP contribution < -0.4 is 0 Å². The molecule has 1 unspecified atom stereocenters. The molecular formula is C3H9PS. The highest BCUT2D eigenvalue weighted by atomic mass is 32.7. The van der Waals surface area contributed by atoms with Crippen LogP contribution in [0, 0.1) is 0 Å². The van der Waals surface area contributed by atoms with Crippen molar-refractivity contribution in [3.8, 4) is 0 Å². The van der Waals surface area contributed by atoms with E-state index in [1.807, 2.05) is 11.4 Å². The lowest BCUT2D eigenvalue weighted by molar-refractivity contribution is 1.53. The molecule has 0 aliphatic rings. The SMILES string of the molecule is CCPSC. The summed E-state index contributed by atoms with van der Waals surface area (Å²) in [4.78, 5) is 0. The lowest BCUT2D eigenvalue weighted by Crippen LogP contribution is -1.46. The van der Waals surface area contributed by atoms with E-state index in [0.29, 0.717) is 0 Å². The normalized spacial score (nSPS) is 10.8. The lowest BCUT2D eigenvalue weighted by Gasteiger charge is -1.80. The Balaban J connectivity index is 2.19. The summed E-state index contributed by atoms with van der Waals surface area (Å²) < 4.78 is 0. The molecule has 0 aliphatic carbocycles. The van der Waals surface area contributed by atoms with E-state index < -0.39 is 0 Å². The van der Waals surface area contributed by atoms with E-state index in [4.69, 9.17) is 0 Å². The summed E-state index contributed by atoms with van der Waals surface area (Å²) >= 11 is 1.93. The third-order valence-electron chi connectivity index (χ3n) is 0.289. The average Bonchev–Trinajstić information content (AvgIpc) is 1.41. The van der Waals surface area contributed by atoms with Gasteiger partial charge in [-0.2, -0.15) is 0 Å². The zero-order chi connectivity index (χ0) is 4.12. The molecule has 2 heteroatoms. The van der Waals surface area contributed by atoms with Crippen LogP contribution >= 0.6 is 19.2 Å². The summed E-state index contributed by atoms with van der Waals surface area (Å²) in [6, 6.07) is 0. The Morgan fingerprint density at radius 1 is 1.80 bits per heavy atom. The van der Waals surface area contributed by atoms with Crippen molar-refractivity contribution in [3.05, 3.63) is 0 Å². The summed E-state index contributed by atoms with van der Waals surface area (Å²) in [5.74, 6) is 0. The van der Waals surface area contributed by atoms with E-state index in [0.717, 1.165) is 7.78 Å². The minimum Gasteiger partial charge on any atom is -0.141 e. The van der Waals surface area contributed by atoms with Crippen LogP contribution in [0.4, 0.5) is 0 Å². The van der Waals surface area contributed by atoms with Crippen molar-refractivity contribution in [2.45, 2.75) is 6.92 Å². The van der Waals surface area contributed by atoms with Crippen LogP contribution in [0.1, 0.15) is 6.92 Å². The molecule has 0 nitrogen and oxygen atoms in total. The van der Waals surface area contributed by atoms with Gasteiger partial charge in [0.1, 0.15) is 0 Å². The standard InChI is InChI=1S/C3H9PS/c1-3-4-5-2/h4H,3H2,1-2H3. The van der Waals surface area contributed by atoms with Gasteiger partial charge in [-0.05, 0) is 12.4 Å². The van der Waals surface area contributed by atoms with Gasteiger partial charge in [0.15, 0.2) is 0 Å². The monoisotopic (exact) mass is 108 g/mol. The van der Waals surface area contributed by atoms with Crippen molar-refractivity contribution in [3.63, 3.8) is 0 Å². The summed E-state index contributed by atoms with van der Waals surface area (Å²) in [7, 11) is 1.11. The second-order valence-corrected chi connectivity index (χ2v) is 4.20. The van der Waals surface area contributed by atoms with Crippen LogP contribution in [0.2, 0.25) is 0 Å². The van der Waals surface area contributed by atoms with Crippen LogP contribution in [0.15, 0.2) is 0 Å². The molecule has 0 aromatic carbocycles. The first kappa shape index (κ1) is 5.78. The Kier molecular flexibility index (Phi) is 5.53. The van der Waals surface area contributed by atoms with Crippen molar-refractivity contribution in [2.75, 3.05) is 12.4 Å². The minimum atomic E-state index is 1.11. The predicted octanol–water partition coefficient (Wildman–Crippen LogP) is 1.96. The molecule has 0 saturated heterocycles. The van der Waals surface area contributed by atoms with E-state index in [-0.39, 0.29) is 0 Å². The van der Waals surface area contributed by atoms with E-state index >= 15 is 0 Å². The van der Waals surface area contributed by atoms with Gasteiger partial charge in [0.2, 0.25) is 0 Å². The first-order chi connectivity index (χ1) is 2.41. The van der Waals surface area contributed by atoms with Gasteiger partial charge in [0, 0.05) is 0 Å². The minimum absolute atomic E-state index is 1.11. The largest absolute Gasteiger partial charge is 0.141 e. The summed E-state index contributed by atoms with van der Waals surface area (Å²) in [5.41, 5.74) is 0. The molecule has 0 fully saturated rings. The van der Waals surface area contributed by atoms with Crippen LogP contribution in [0.5, 0.6) is 0 Å². The zero-order valence-corrected chi connectivity index (χ0v) is 5.43. The van der Waals surface area contributed by atoms with E-state index in [1.165, 1.54) is 6.16 Å². The van der Waals surface area contributed by atoms with Gasteiger partial charge >= 0.3 is 0 Å². The molecule has 0 radical (unpaired) electrons. The van der Waals surface area contributed by atoms with Gasteiger partial charge in [0.05, 0.1) is 0 Å². The fourth-order valence-electron chi connectivity index (χ4n) is 0.144. The second-order valence-electron chi connectivity index (χ2n) is 0.702. The smallest absolute Gasteiger partial charge is 0.0145 e. The van der Waals surface area contributed by atoms with Crippen LogP contribution in [-0.2, 0) is 0 Å². The second kappa shape index (κ2) is 4.78. The average molecular weight is 108 g/mol. The summed E-state index contributed by atoms with van der Waals surface area (Å²) in [5, 5.41) is 0. The molecule has 0 spiro atoms. The quantitative estimate of drug-likeness (QED) is 0.487. The van der Waals surface area contributed by atoms with Crippen molar-refractivity contribution >= 4 is 19.2 Å². The van der Waals surface area contributed by atoms with Crippen molar-refractivity contribution in [1.82, 2.24) is 0 Å². The highest BCUT2D eigenvalue weighted by Gasteiger charge is 1.67. The summed E-state index contributed by atoms with van der Waals surface area (Å²) in [6.45, 7) is 2.20. The van der Waals surface area contributed by atoms with Crippen molar-refractivity contribution < 1.29 is 0 Å². The molecule has 0 heterocycles. The molecule has 1 atom stereocenters. The predicted molar refractivity (Wildman–Crippen MR) is 32.4 cm³/mol. The van der Waals surface area contributed by atoms with E-state index in [2.05, 4.69) is 13.2 Å². The maximum Gasteiger partial charge on any atom is -0.0145 e. The first-order valence-corrected chi connectivity index (χ1v) is 4.83. The lowest BCUT2D eigenvalue weighted by atomic mass is 11.0. The fourth-order valence-corrected chi connectivity index (χ4v) is 1.30. The molecule has 0 aromatic heterocycles. The first-order valence-electron chi connectivity index (χ1n) is 1.67. The Morgan fingerprint density at radius 2 is 2.40 bits per heavy atom. The molecular weight excluding hydrogens is 99.1 g/mol. The van der Waals surface area contributed by atoms with E-state index in [9.17, 15) is 0 Å². The summed E-state index contributed by atoms with van der Waals surface area (Å²) in [6.07, 6.45) is 3.48. The Morgan fingerprint density at radius 3 is 2.40 bits per heavy atom. The third kappa shape index (κ3) is 4.78. The molecule has 0 bridgehead atoms. The maximum absolute atomic E-state index is 2.20. The van der Waals surface area contributed by atoms with Crippen LogP contribution in [0.3, 0.4) is 0 Å². The molecule has 0 saturated carbocycles. The van der Waals surface area contributed by atoms with Gasteiger partial charge in [-0.3, -0.25) is 0 Å². The third-order valence-corrected chi connectivity index (χ3v) is 2.60. The van der Waals surface area contributed by atoms with Crippen LogP contribution in [0.25, 0.3) is 0 Å². The molecule has 0 rings (SSSR count). The molecule has 32 valence electrons. The Hall–Kier alpha value is 0.780. The van der Waals surface area contributed by atoms with Gasteiger partial charge in [0.25, 0.3) is 0 Å². The molecule has 0 N–H and O–H groups in total. The Labute approximate surface area is 39.3 Å². The maximum atomic E-state index is 2.20. The number of hydrogen-bond donors (Lipinski definition) is 0. The van der Waals surface area contributed by atoms with Crippen LogP contribution in [-0.4, -0.2) is 12.4 Å². The molecule has 0 aromatic rings. The van der Waals surface area contributed by atoms with E-state index in [1.54, 1.807) is 0 Å². The number of hydrogen-bond acceptors (Lipinski definition) is 1. The topological polar surface area (TPSA) is 0 Å². The fraction of sp³-hybridized carbons (Fsp3) is 1.00. The molecule has 0 aliphatic heterocycles. The zero-order valence-electron chi connectivity index (χ0n) is 3.62. The van der Waals surface area contributed by atoms with Gasteiger partial charge < -0.3 is 0 Å². The molecule has 0 amide bonds.